The number of hydrogen-bond acceptors (Lipinski definition) is 6. The third kappa shape index (κ3) is 2.90. The van der Waals surface area contributed by atoms with Crippen molar-refractivity contribution in [1.29, 1.82) is 5.26 Å². The van der Waals surface area contributed by atoms with Crippen molar-refractivity contribution in [3.8, 4) is 6.07 Å². The predicted molar refractivity (Wildman–Crippen MR) is 96.6 cm³/mol. The molecule has 1 aliphatic rings. The normalized spacial score (nSPS) is 17.4. The van der Waals surface area contributed by atoms with Crippen molar-refractivity contribution in [1.82, 2.24) is 20.3 Å². The first-order valence-corrected chi connectivity index (χ1v) is 8.44. The topological polar surface area (TPSA) is 89.9 Å². The number of nitrogens with one attached hydrogen (secondary N) is 2. The van der Waals surface area contributed by atoms with Gasteiger partial charge >= 0.3 is 0 Å². The maximum Gasteiger partial charge on any atom is 0.141 e. The van der Waals surface area contributed by atoms with Crippen LogP contribution in [0.4, 0.5) is 5.69 Å². The summed E-state index contributed by atoms with van der Waals surface area (Å²) >= 11 is 0. The molecule has 25 heavy (non-hydrogen) atoms. The van der Waals surface area contributed by atoms with Crippen molar-refractivity contribution in [3.63, 3.8) is 0 Å². The maximum absolute atomic E-state index is 9.16. The lowest BCUT2D eigenvalue weighted by Crippen LogP contribution is -2.34. The second-order valence-electron chi connectivity index (χ2n) is 6.28. The highest BCUT2D eigenvalue weighted by Crippen LogP contribution is 2.34. The molecule has 0 aromatic carbocycles. The summed E-state index contributed by atoms with van der Waals surface area (Å²) < 4.78 is 5.11. The van der Waals surface area contributed by atoms with Gasteiger partial charge in [0.2, 0.25) is 0 Å². The number of rotatable bonds is 5. The molecule has 0 amide bonds. The molecule has 0 radical (unpaired) electrons. The summed E-state index contributed by atoms with van der Waals surface area (Å²) in [6.07, 6.45) is 4.64. The van der Waals surface area contributed by atoms with E-state index in [9.17, 15) is 0 Å². The average molecular weight is 336 g/mol. The monoisotopic (exact) mass is 336 g/mol. The molecular formula is C18H20N6O. The van der Waals surface area contributed by atoms with E-state index in [0.29, 0.717) is 11.7 Å². The molecule has 3 aromatic heterocycles. The number of aromatic nitrogens is 3. The van der Waals surface area contributed by atoms with Crippen molar-refractivity contribution in [2.24, 2.45) is 0 Å². The second-order valence-corrected chi connectivity index (χ2v) is 6.28. The third-order valence-electron chi connectivity index (χ3n) is 4.74. The van der Waals surface area contributed by atoms with Crippen LogP contribution >= 0.6 is 0 Å². The van der Waals surface area contributed by atoms with E-state index in [1.54, 1.807) is 13.3 Å². The first-order chi connectivity index (χ1) is 12.3. The Morgan fingerprint density at radius 2 is 2.40 bits per heavy atom. The molecule has 1 fully saturated rings. The summed E-state index contributed by atoms with van der Waals surface area (Å²) in [6.45, 7) is 3.53. The SMILES string of the molecule is COCCNC1CCN(c2ccnc3[nH]c4cnc(C#N)cc4c23)C1. The van der Waals surface area contributed by atoms with Crippen LogP contribution in [0.15, 0.2) is 24.5 Å². The fourth-order valence-electron chi connectivity index (χ4n) is 3.54. The van der Waals surface area contributed by atoms with E-state index >= 15 is 0 Å². The average Bonchev–Trinajstić information content (AvgIpc) is 3.25. The van der Waals surface area contributed by atoms with Crippen molar-refractivity contribution >= 4 is 27.6 Å². The minimum atomic E-state index is 0.420. The molecule has 1 atom stereocenters. The Hall–Kier alpha value is -2.69. The number of pyridine rings is 2. The van der Waals surface area contributed by atoms with Gasteiger partial charge in [0, 0.05) is 50.1 Å². The Kier molecular flexibility index (Phi) is 4.22. The predicted octanol–water partition coefficient (Wildman–Crippen LogP) is 1.80. The Labute approximate surface area is 145 Å². The molecule has 128 valence electrons. The van der Waals surface area contributed by atoms with Crippen LogP contribution in [0, 0.1) is 11.3 Å². The molecule has 7 heteroatoms. The number of nitrogens with zero attached hydrogens (tertiary/aromatic N) is 4. The third-order valence-corrected chi connectivity index (χ3v) is 4.74. The molecule has 1 saturated heterocycles. The lowest BCUT2D eigenvalue weighted by molar-refractivity contribution is 0.196. The second kappa shape index (κ2) is 6.67. The molecule has 3 aromatic rings. The minimum Gasteiger partial charge on any atom is -0.383 e. The van der Waals surface area contributed by atoms with E-state index in [-0.39, 0.29) is 0 Å². The van der Waals surface area contributed by atoms with Gasteiger partial charge in [0.15, 0.2) is 0 Å². The molecule has 1 unspecified atom stereocenters. The Balaban J connectivity index is 1.69. The molecule has 4 heterocycles. The van der Waals surface area contributed by atoms with Gasteiger partial charge in [-0.2, -0.15) is 5.26 Å². The number of aromatic amines is 1. The summed E-state index contributed by atoms with van der Waals surface area (Å²) in [4.78, 5) is 14.3. The van der Waals surface area contributed by atoms with Crippen molar-refractivity contribution in [2.45, 2.75) is 12.5 Å². The van der Waals surface area contributed by atoms with E-state index in [1.165, 1.54) is 0 Å². The quantitative estimate of drug-likeness (QED) is 0.691. The van der Waals surface area contributed by atoms with Crippen LogP contribution in [0.5, 0.6) is 0 Å². The molecular weight excluding hydrogens is 316 g/mol. The van der Waals surface area contributed by atoms with Crippen LogP contribution in [0.1, 0.15) is 12.1 Å². The van der Waals surface area contributed by atoms with Crippen LogP contribution in [0.25, 0.3) is 21.9 Å². The van der Waals surface area contributed by atoms with E-state index in [2.05, 4.69) is 37.3 Å². The summed E-state index contributed by atoms with van der Waals surface area (Å²) in [7, 11) is 1.72. The standard InChI is InChI=1S/C18H20N6O/c1-25-7-5-20-12-3-6-24(11-12)16-2-4-21-18-17(16)14-8-13(9-19)22-10-15(14)23-18/h2,4,8,10,12,20H,3,5-7,11H2,1H3,(H,21,23). The molecule has 0 saturated carbocycles. The Morgan fingerprint density at radius 3 is 3.24 bits per heavy atom. The largest absolute Gasteiger partial charge is 0.383 e. The van der Waals surface area contributed by atoms with Crippen molar-refractivity contribution < 1.29 is 4.74 Å². The fourth-order valence-corrected chi connectivity index (χ4v) is 3.54. The number of methoxy groups -OCH3 is 1. The first-order valence-electron chi connectivity index (χ1n) is 8.44. The minimum absolute atomic E-state index is 0.420. The molecule has 4 rings (SSSR count). The first kappa shape index (κ1) is 15.8. The lowest BCUT2D eigenvalue weighted by atomic mass is 10.1. The van der Waals surface area contributed by atoms with Crippen molar-refractivity contribution in [3.05, 3.63) is 30.2 Å². The van der Waals surface area contributed by atoms with E-state index in [0.717, 1.165) is 60.3 Å². The number of H-pyrrole nitrogens is 1. The number of ether oxygens (including phenoxy) is 1. The van der Waals surface area contributed by atoms with Crippen LogP contribution < -0.4 is 10.2 Å². The van der Waals surface area contributed by atoms with Gasteiger partial charge in [0.1, 0.15) is 17.4 Å². The molecule has 1 aliphatic heterocycles. The van der Waals surface area contributed by atoms with Crippen LogP contribution in [-0.4, -0.2) is 54.3 Å². The summed E-state index contributed by atoms with van der Waals surface area (Å²) in [5, 5.41) is 14.8. The number of anilines is 1. The van der Waals surface area contributed by atoms with Crippen LogP contribution in [0.3, 0.4) is 0 Å². The highest BCUT2D eigenvalue weighted by atomic mass is 16.5. The highest BCUT2D eigenvalue weighted by Gasteiger charge is 2.24. The fraction of sp³-hybridized carbons (Fsp3) is 0.389. The van der Waals surface area contributed by atoms with Gasteiger partial charge in [-0.25, -0.2) is 9.97 Å². The maximum atomic E-state index is 9.16. The lowest BCUT2D eigenvalue weighted by Gasteiger charge is -2.20. The van der Waals surface area contributed by atoms with Gasteiger partial charge in [-0.3, -0.25) is 0 Å². The molecule has 0 spiro atoms. The van der Waals surface area contributed by atoms with Gasteiger partial charge in [0.05, 0.1) is 23.7 Å². The molecule has 0 bridgehead atoms. The number of nitriles is 1. The Bertz CT molecular complexity index is 944. The zero-order chi connectivity index (χ0) is 17.2. The zero-order valence-corrected chi connectivity index (χ0v) is 14.1. The van der Waals surface area contributed by atoms with Gasteiger partial charge < -0.3 is 19.9 Å². The zero-order valence-electron chi connectivity index (χ0n) is 14.1. The van der Waals surface area contributed by atoms with Crippen molar-refractivity contribution in [2.75, 3.05) is 38.3 Å². The summed E-state index contributed by atoms with van der Waals surface area (Å²) in [5.41, 5.74) is 3.31. The van der Waals surface area contributed by atoms with E-state index < -0.39 is 0 Å². The molecule has 2 N–H and O–H groups in total. The molecule has 0 aliphatic carbocycles. The van der Waals surface area contributed by atoms with Gasteiger partial charge in [-0.05, 0) is 18.6 Å². The van der Waals surface area contributed by atoms with Gasteiger partial charge in [-0.1, -0.05) is 0 Å². The van der Waals surface area contributed by atoms with E-state index in [1.807, 2.05) is 12.3 Å². The smallest absolute Gasteiger partial charge is 0.141 e. The highest BCUT2D eigenvalue weighted by molar-refractivity contribution is 6.12. The molecule has 7 nitrogen and oxygen atoms in total. The van der Waals surface area contributed by atoms with Gasteiger partial charge in [0.25, 0.3) is 0 Å². The van der Waals surface area contributed by atoms with Crippen LogP contribution in [-0.2, 0) is 4.74 Å². The number of fused-ring (bicyclic) bond motifs is 3. The summed E-state index contributed by atoms with van der Waals surface area (Å²) in [5.74, 6) is 0. The van der Waals surface area contributed by atoms with Gasteiger partial charge in [-0.15, -0.1) is 0 Å². The summed E-state index contributed by atoms with van der Waals surface area (Å²) in [6, 6.07) is 6.47. The van der Waals surface area contributed by atoms with Crippen LogP contribution in [0.2, 0.25) is 0 Å². The Morgan fingerprint density at radius 1 is 1.48 bits per heavy atom. The number of hydrogen-bond donors (Lipinski definition) is 2. The van der Waals surface area contributed by atoms with E-state index in [4.69, 9.17) is 10.00 Å².